The molecule has 2 heterocycles. The van der Waals surface area contributed by atoms with Crippen molar-refractivity contribution >= 4 is 17.9 Å². The molecular weight excluding hydrogens is 370 g/mol. The Morgan fingerprint density at radius 3 is 2.80 bits per heavy atom. The highest BCUT2D eigenvalue weighted by Gasteiger charge is 2.30. The molecule has 160 valence electrons. The molecule has 0 aromatic carbocycles. The molecule has 1 aliphatic heterocycles. The number of nitrogens with two attached hydrogens (primary N) is 1. The number of nitriles is 1. The van der Waals surface area contributed by atoms with Crippen molar-refractivity contribution < 1.29 is 0 Å². The van der Waals surface area contributed by atoms with Crippen molar-refractivity contribution in [1.29, 1.82) is 5.26 Å². The van der Waals surface area contributed by atoms with Gasteiger partial charge in [-0.05, 0) is 38.0 Å². The highest BCUT2D eigenvalue weighted by atomic mass is 14.9. The van der Waals surface area contributed by atoms with Gasteiger partial charge >= 0.3 is 0 Å². The van der Waals surface area contributed by atoms with Gasteiger partial charge in [0, 0.05) is 47.6 Å². The Bertz CT molecular complexity index is 840. The fraction of sp³-hybridized carbons (Fsp3) is 0.600. The largest absolute Gasteiger partial charge is 0.401 e. The Hall–Kier alpha value is -2.48. The zero-order valence-corrected chi connectivity index (χ0v) is 18.5. The summed E-state index contributed by atoms with van der Waals surface area (Å²) in [4.78, 5) is 13.7. The highest BCUT2D eigenvalue weighted by Crippen LogP contribution is 2.39. The second kappa shape index (κ2) is 11.1. The lowest BCUT2D eigenvalue weighted by Crippen LogP contribution is -2.22. The molecule has 0 bridgehead atoms. The van der Waals surface area contributed by atoms with Crippen molar-refractivity contribution in [2.45, 2.75) is 71.6 Å². The molecule has 1 aliphatic carbocycles. The normalized spacial score (nSPS) is 21.2. The molecule has 3 rings (SSSR count). The summed E-state index contributed by atoms with van der Waals surface area (Å²) in [7, 11) is 0. The monoisotopic (exact) mass is 405 g/mol. The molecule has 30 heavy (non-hydrogen) atoms. The molecule has 0 spiro atoms. The summed E-state index contributed by atoms with van der Waals surface area (Å²) in [6.07, 6.45) is 17.6. The number of nitrogens with zero attached hydrogens (tertiary/aromatic N) is 4. The Kier molecular flexibility index (Phi) is 8.19. The summed E-state index contributed by atoms with van der Waals surface area (Å²) in [6.45, 7) is 4.95. The Morgan fingerprint density at radius 2 is 2.07 bits per heavy atom. The van der Waals surface area contributed by atoms with Crippen LogP contribution in [-0.4, -0.2) is 22.7 Å². The van der Waals surface area contributed by atoms with Crippen LogP contribution in [0.25, 0.3) is 11.6 Å². The molecule has 1 fully saturated rings. The van der Waals surface area contributed by atoms with Gasteiger partial charge in [-0.15, -0.1) is 0 Å². The van der Waals surface area contributed by atoms with Gasteiger partial charge in [0.2, 0.25) is 0 Å². The summed E-state index contributed by atoms with van der Waals surface area (Å²) in [5.74, 6) is 1.33. The van der Waals surface area contributed by atoms with E-state index >= 15 is 0 Å². The Balaban J connectivity index is 1.93. The lowest BCUT2D eigenvalue weighted by Gasteiger charge is -2.27. The van der Waals surface area contributed by atoms with E-state index in [1.807, 2.05) is 13.1 Å². The molecular formula is C25H35N5. The van der Waals surface area contributed by atoms with Crippen molar-refractivity contribution in [3.05, 3.63) is 35.1 Å². The van der Waals surface area contributed by atoms with Crippen LogP contribution in [0, 0.1) is 36.0 Å². The number of aromatic nitrogens is 2. The molecule has 5 nitrogen and oxygen atoms in total. The summed E-state index contributed by atoms with van der Waals surface area (Å²) in [5, 5.41) is 9.41. The first-order chi connectivity index (χ1) is 14.7. The third-order valence-corrected chi connectivity index (χ3v) is 6.66. The minimum Gasteiger partial charge on any atom is -0.401 e. The molecule has 1 saturated carbocycles. The van der Waals surface area contributed by atoms with Crippen molar-refractivity contribution in [2.75, 3.05) is 6.54 Å². The van der Waals surface area contributed by atoms with Crippen LogP contribution in [0.5, 0.6) is 0 Å². The van der Waals surface area contributed by atoms with E-state index < -0.39 is 0 Å². The van der Waals surface area contributed by atoms with E-state index in [4.69, 9.17) is 5.73 Å². The van der Waals surface area contributed by atoms with Crippen molar-refractivity contribution in [3.8, 4) is 6.07 Å². The van der Waals surface area contributed by atoms with Crippen molar-refractivity contribution in [3.63, 3.8) is 0 Å². The standard InChI is InChI=1S/C25H35N5/c1-3-4-5-10-22-18(2)29-17-30-25(22)23-16-28-14-12-21(24(23)27)15-20(11-13-26)19-8-6-7-9-19/h5,10,16-17,19-21H,3-4,6-9,11-12,14-15,27H2,1-2H3/b10-5-. The minimum absolute atomic E-state index is 0.240. The molecule has 2 aliphatic rings. The first-order valence-electron chi connectivity index (χ1n) is 11.5. The van der Waals surface area contributed by atoms with Crippen LogP contribution in [0.1, 0.15) is 81.7 Å². The molecule has 0 radical (unpaired) electrons. The number of hydrogen-bond acceptors (Lipinski definition) is 5. The molecule has 2 atom stereocenters. The molecule has 1 aromatic rings. The molecule has 1 aromatic heterocycles. The van der Waals surface area contributed by atoms with Gasteiger partial charge < -0.3 is 5.73 Å². The quantitative estimate of drug-likeness (QED) is 0.621. The van der Waals surface area contributed by atoms with E-state index in [1.54, 1.807) is 6.33 Å². The number of unbranched alkanes of at least 4 members (excludes halogenated alkanes) is 1. The predicted molar refractivity (Wildman–Crippen MR) is 124 cm³/mol. The maximum absolute atomic E-state index is 9.41. The van der Waals surface area contributed by atoms with Crippen LogP contribution in [0.3, 0.4) is 0 Å². The maximum Gasteiger partial charge on any atom is 0.116 e. The van der Waals surface area contributed by atoms with Gasteiger partial charge in [0.15, 0.2) is 0 Å². The third-order valence-electron chi connectivity index (χ3n) is 6.66. The van der Waals surface area contributed by atoms with Crippen LogP contribution < -0.4 is 5.73 Å². The number of hydrogen-bond donors (Lipinski definition) is 1. The van der Waals surface area contributed by atoms with Gasteiger partial charge in [-0.3, -0.25) is 4.99 Å². The molecule has 0 saturated heterocycles. The van der Waals surface area contributed by atoms with E-state index in [0.717, 1.165) is 60.4 Å². The summed E-state index contributed by atoms with van der Waals surface area (Å²) in [5.41, 5.74) is 11.5. The van der Waals surface area contributed by atoms with E-state index in [2.05, 4.69) is 40.1 Å². The molecule has 0 amide bonds. The Labute approximate surface area is 181 Å². The van der Waals surface area contributed by atoms with Gasteiger partial charge in [0.1, 0.15) is 6.33 Å². The van der Waals surface area contributed by atoms with Crippen molar-refractivity contribution in [2.24, 2.45) is 28.5 Å². The summed E-state index contributed by atoms with van der Waals surface area (Å²) < 4.78 is 0. The molecule has 2 N–H and O–H groups in total. The van der Waals surface area contributed by atoms with Crippen molar-refractivity contribution in [1.82, 2.24) is 9.97 Å². The summed E-state index contributed by atoms with van der Waals surface area (Å²) >= 11 is 0. The fourth-order valence-corrected chi connectivity index (χ4v) is 4.90. The molecule has 2 unspecified atom stereocenters. The third kappa shape index (κ3) is 5.36. The predicted octanol–water partition coefficient (Wildman–Crippen LogP) is 5.47. The van der Waals surface area contributed by atoms with E-state index in [9.17, 15) is 5.26 Å². The average molecular weight is 406 g/mol. The number of aliphatic imine (C=N–C) groups is 1. The Morgan fingerprint density at radius 1 is 1.27 bits per heavy atom. The highest BCUT2D eigenvalue weighted by molar-refractivity contribution is 6.11. The number of rotatable bonds is 8. The molecule has 5 heteroatoms. The fourth-order valence-electron chi connectivity index (χ4n) is 4.90. The number of allylic oxidation sites excluding steroid dienone is 3. The van der Waals surface area contributed by atoms with Gasteiger partial charge in [0.25, 0.3) is 0 Å². The first kappa shape index (κ1) is 22.2. The average Bonchev–Trinajstić information content (AvgIpc) is 3.22. The van der Waals surface area contributed by atoms with Gasteiger partial charge in [-0.25, -0.2) is 9.97 Å². The lowest BCUT2D eigenvalue weighted by molar-refractivity contribution is 0.283. The van der Waals surface area contributed by atoms with Crippen LogP contribution >= 0.6 is 0 Å². The van der Waals surface area contributed by atoms with E-state index in [-0.39, 0.29) is 5.92 Å². The first-order valence-corrected chi connectivity index (χ1v) is 11.5. The van der Waals surface area contributed by atoms with Gasteiger partial charge in [0.05, 0.1) is 11.8 Å². The van der Waals surface area contributed by atoms with E-state index in [0.29, 0.717) is 18.3 Å². The van der Waals surface area contributed by atoms with Gasteiger partial charge in [-0.2, -0.15) is 5.26 Å². The van der Waals surface area contributed by atoms with Crippen LogP contribution in [0.15, 0.2) is 23.1 Å². The van der Waals surface area contributed by atoms with Gasteiger partial charge in [-0.1, -0.05) is 51.2 Å². The number of aryl methyl sites for hydroxylation is 1. The minimum atomic E-state index is 0.240. The van der Waals surface area contributed by atoms with E-state index in [1.165, 1.54) is 25.7 Å². The summed E-state index contributed by atoms with van der Waals surface area (Å²) in [6, 6.07) is 2.44. The zero-order valence-electron chi connectivity index (χ0n) is 18.5. The lowest BCUT2D eigenvalue weighted by atomic mass is 9.79. The maximum atomic E-state index is 9.41. The van der Waals surface area contributed by atoms with Crippen LogP contribution in [0.4, 0.5) is 0 Å². The van der Waals surface area contributed by atoms with Crippen LogP contribution in [0.2, 0.25) is 0 Å². The SMILES string of the molecule is CCC/C=C\c1c(C)ncnc1C1=C(N)C(CC(CC#N)C2CCCC2)CCN=C1. The van der Waals surface area contributed by atoms with Crippen LogP contribution in [-0.2, 0) is 0 Å². The smallest absolute Gasteiger partial charge is 0.116 e. The second-order valence-electron chi connectivity index (χ2n) is 8.70. The second-order valence-corrected chi connectivity index (χ2v) is 8.70. The topological polar surface area (TPSA) is 88.0 Å². The zero-order chi connectivity index (χ0) is 21.3.